The highest BCUT2D eigenvalue weighted by Crippen LogP contribution is 2.47. The fraction of sp³-hybridized carbons (Fsp3) is 0.400. The van der Waals surface area contributed by atoms with Crippen LogP contribution in [0.4, 0.5) is 0 Å². The second-order valence-corrected chi connectivity index (χ2v) is 25.4. The zero-order chi connectivity index (χ0) is 48.8. The van der Waals surface area contributed by atoms with Crippen molar-refractivity contribution in [1.29, 1.82) is 0 Å². The van der Waals surface area contributed by atoms with E-state index in [9.17, 15) is 0 Å². The summed E-state index contributed by atoms with van der Waals surface area (Å²) in [5.41, 5.74) is 16.4. The third-order valence-electron chi connectivity index (χ3n) is 13.2. The average Bonchev–Trinajstić information content (AvgIpc) is 3.22. The smallest absolute Gasteiger partial charge is 0.326 e. The number of benzene rings is 6. The van der Waals surface area contributed by atoms with Gasteiger partial charge in [-0.15, -0.1) is 0 Å². The van der Waals surface area contributed by atoms with Crippen molar-refractivity contribution < 1.29 is 18.1 Å². The second-order valence-electron chi connectivity index (χ2n) is 22.6. The van der Waals surface area contributed by atoms with Gasteiger partial charge in [0.1, 0.15) is 23.0 Å². The average molecular weight is 923 g/mol. The highest BCUT2D eigenvalue weighted by molar-refractivity contribution is 7.57. The lowest BCUT2D eigenvalue weighted by Crippen LogP contribution is -2.15. The molecule has 0 N–H and O–H groups in total. The van der Waals surface area contributed by atoms with Gasteiger partial charge in [-0.3, -0.25) is 0 Å². The minimum atomic E-state index is -1.57. The maximum absolute atomic E-state index is 7.06. The number of rotatable bonds is 11. The monoisotopic (exact) mass is 923 g/mol. The van der Waals surface area contributed by atoms with Crippen molar-refractivity contribution in [3.05, 3.63) is 164 Å². The molecule has 0 unspecified atom stereocenters. The molecule has 0 bridgehead atoms. The van der Waals surface area contributed by atoms with Crippen LogP contribution in [0.1, 0.15) is 150 Å². The van der Waals surface area contributed by atoms with Crippen LogP contribution in [0.15, 0.2) is 97.1 Å². The summed E-state index contributed by atoms with van der Waals surface area (Å²) in [5, 5.41) is 2.00. The zero-order valence-electron chi connectivity index (χ0n) is 43.8. The summed E-state index contributed by atoms with van der Waals surface area (Å²) in [7, 11) is -3.13. The molecule has 0 saturated carbocycles. The third-order valence-corrected chi connectivity index (χ3v) is 16.0. The Morgan fingerprint density at radius 2 is 0.485 bits per heavy atom. The predicted molar refractivity (Wildman–Crippen MR) is 286 cm³/mol. The van der Waals surface area contributed by atoms with E-state index in [-0.39, 0.29) is 21.7 Å². The van der Waals surface area contributed by atoms with Crippen LogP contribution in [0.5, 0.6) is 23.0 Å². The van der Waals surface area contributed by atoms with E-state index in [0.717, 1.165) is 67.0 Å². The molecule has 350 valence electrons. The Hall–Kier alpha value is -4.62. The minimum Gasteiger partial charge on any atom is -0.435 e. The summed E-state index contributed by atoms with van der Waals surface area (Å²) >= 11 is 0. The van der Waals surface area contributed by atoms with E-state index in [1.807, 2.05) is 0 Å². The Balaban J connectivity index is 1.38. The lowest BCUT2D eigenvalue weighted by atomic mass is 9.85. The van der Waals surface area contributed by atoms with Gasteiger partial charge >= 0.3 is 16.8 Å². The molecule has 0 aliphatic rings. The Morgan fingerprint density at radius 1 is 0.288 bits per heavy atom. The Labute approximate surface area is 401 Å². The molecule has 0 aliphatic heterocycles. The molecule has 6 aromatic carbocycles. The van der Waals surface area contributed by atoms with Gasteiger partial charge in [-0.25, -0.2) is 0 Å². The van der Waals surface area contributed by atoms with Gasteiger partial charge in [0.2, 0.25) is 0 Å². The molecule has 6 rings (SSSR count). The lowest BCUT2D eigenvalue weighted by Gasteiger charge is -2.27. The van der Waals surface area contributed by atoms with Crippen LogP contribution in [0.25, 0.3) is 11.1 Å². The van der Waals surface area contributed by atoms with Gasteiger partial charge < -0.3 is 18.1 Å². The maximum atomic E-state index is 7.06. The molecular formula is C60H76O4P2. The van der Waals surface area contributed by atoms with Crippen molar-refractivity contribution in [2.45, 2.75) is 160 Å². The zero-order valence-corrected chi connectivity index (χ0v) is 45.6. The van der Waals surface area contributed by atoms with Gasteiger partial charge in [-0.2, -0.15) is 0 Å². The molecule has 0 amide bonds. The fourth-order valence-corrected chi connectivity index (χ4v) is 10.3. The fourth-order valence-electron chi connectivity index (χ4n) is 7.58. The number of aryl methyl sites for hydroxylation is 4. The number of hydrogen-bond acceptors (Lipinski definition) is 4. The largest absolute Gasteiger partial charge is 0.435 e. The summed E-state index contributed by atoms with van der Waals surface area (Å²) in [4.78, 5) is 0. The SMILES string of the molecule is Cc1cc(C(C)(C)C)cc(OP(Oc2cc(C(C)(C)C)cc(C)c2C)c2ccc(-c3ccc(P(Oc4cc(C(C)(C)C)cc(C)c4C)Oc4cc(C(C)(C)C)cc(C)c4C)cc3)cc2)c1C. The first kappa shape index (κ1) is 50.8. The molecular weight excluding hydrogens is 847 g/mol. The van der Waals surface area contributed by atoms with Crippen LogP contribution in [-0.2, 0) is 21.7 Å². The topological polar surface area (TPSA) is 36.9 Å². The number of hydrogen-bond donors (Lipinski definition) is 0. The van der Waals surface area contributed by atoms with Gasteiger partial charge in [0.15, 0.2) is 0 Å². The molecule has 0 aliphatic carbocycles. The molecule has 0 heterocycles. The van der Waals surface area contributed by atoms with Crippen LogP contribution in [0.3, 0.4) is 0 Å². The molecule has 0 radical (unpaired) electrons. The van der Waals surface area contributed by atoms with Crippen molar-refractivity contribution in [3.63, 3.8) is 0 Å². The summed E-state index contributed by atoms with van der Waals surface area (Å²) in [6, 6.07) is 35.4. The molecule has 0 spiro atoms. The van der Waals surface area contributed by atoms with Crippen LogP contribution in [-0.4, -0.2) is 0 Å². The summed E-state index contributed by atoms with van der Waals surface area (Å²) < 4.78 is 28.2. The second kappa shape index (κ2) is 19.2. The maximum Gasteiger partial charge on any atom is 0.326 e. The molecule has 66 heavy (non-hydrogen) atoms. The van der Waals surface area contributed by atoms with E-state index in [1.54, 1.807) is 0 Å². The van der Waals surface area contributed by atoms with Crippen LogP contribution in [0.2, 0.25) is 0 Å². The highest BCUT2D eigenvalue weighted by Gasteiger charge is 2.28. The molecule has 6 heteroatoms. The molecule has 0 aromatic heterocycles. The van der Waals surface area contributed by atoms with Crippen LogP contribution < -0.4 is 28.7 Å². The third kappa shape index (κ3) is 11.7. The summed E-state index contributed by atoms with van der Waals surface area (Å²) in [6.45, 7) is 44.2. The van der Waals surface area contributed by atoms with E-state index in [1.165, 1.54) is 44.5 Å². The Morgan fingerprint density at radius 3 is 0.667 bits per heavy atom. The lowest BCUT2D eigenvalue weighted by molar-refractivity contribution is 0.491. The van der Waals surface area contributed by atoms with Crippen molar-refractivity contribution in [2.75, 3.05) is 0 Å². The first-order chi connectivity index (χ1) is 30.5. The van der Waals surface area contributed by atoms with E-state index in [0.29, 0.717) is 0 Å². The minimum absolute atomic E-state index is 0.0316. The molecule has 0 saturated heterocycles. The van der Waals surface area contributed by atoms with E-state index in [4.69, 9.17) is 18.1 Å². The van der Waals surface area contributed by atoms with Crippen LogP contribution in [0, 0.1) is 55.4 Å². The first-order valence-corrected chi connectivity index (χ1v) is 25.9. The molecule has 0 atom stereocenters. The summed E-state index contributed by atoms with van der Waals surface area (Å²) in [6.07, 6.45) is 0. The van der Waals surface area contributed by atoms with E-state index in [2.05, 4.69) is 236 Å². The normalized spacial score (nSPS) is 12.5. The molecule has 0 fully saturated rings. The quantitative estimate of drug-likeness (QED) is 0.121. The van der Waals surface area contributed by atoms with Gasteiger partial charge in [-0.05, 0) is 203 Å². The highest BCUT2D eigenvalue weighted by atomic mass is 31.2. The van der Waals surface area contributed by atoms with E-state index < -0.39 is 16.8 Å². The van der Waals surface area contributed by atoms with Gasteiger partial charge in [0.25, 0.3) is 0 Å². The van der Waals surface area contributed by atoms with E-state index >= 15 is 0 Å². The molecule has 4 nitrogen and oxygen atoms in total. The Bertz CT molecular complexity index is 2370. The van der Waals surface area contributed by atoms with Crippen molar-refractivity contribution in [1.82, 2.24) is 0 Å². The van der Waals surface area contributed by atoms with Crippen LogP contribution >= 0.6 is 16.8 Å². The first-order valence-electron chi connectivity index (χ1n) is 23.5. The molecule has 6 aromatic rings. The van der Waals surface area contributed by atoms with Gasteiger partial charge in [0, 0.05) is 0 Å². The summed E-state index contributed by atoms with van der Waals surface area (Å²) in [5.74, 6) is 3.44. The predicted octanol–water partition coefficient (Wildman–Crippen LogP) is 17.2. The van der Waals surface area contributed by atoms with Crippen molar-refractivity contribution in [2.24, 2.45) is 0 Å². The van der Waals surface area contributed by atoms with Gasteiger partial charge in [0.05, 0.1) is 10.6 Å². The van der Waals surface area contributed by atoms with Crippen molar-refractivity contribution >= 4 is 27.4 Å². The standard InChI is InChI=1S/C60H76O4P2/c1-37-29-47(57(9,10)11)33-53(41(37)5)61-65(62-54-34-48(58(12,13)14)30-38(2)42(54)6)51-25-21-45(22-26-51)46-23-27-52(28-24-46)66(63-55-35-49(59(15,16)17)31-39(3)43(55)7)64-56-36-50(60(18,19)20)32-40(4)44(56)8/h21-36H,1-20H3. The van der Waals surface area contributed by atoms with Gasteiger partial charge in [-0.1, -0.05) is 132 Å². The van der Waals surface area contributed by atoms with Crippen molar-refractivity contribution in [3.8, 4) is 34.1 Å². The Kier molecular flexibility index (Phi) is 14.8.